The average molecular weight is 497 g/mol. The van der Waals surface area contributed by atoms with Gasteiger partial charge < -0.3 is 10.1 Å². The number of aryl methyl sites for hydroxylation is 1. The molecule has 8 heteroatoms. The minimum absolute atomic E-state index is 0.174. The fraction of sp³-hybridized carbons (Fsp3) is 0.407. The van der Waals surface area contributed by atoms with Crippen molar-refractivity contribution in [3.8, 4) is 0 Å². The zero-order valence-electron chi connectivity index (χ0n) is 20.6. The lowest BCUT2D eigenvalue weighted by atomic mass is 10.1. The van der Waals surface area contributed by atoms with Crippen molar-refractivity contribution in [3.05, 3.63) is 65.7 Å². The number of ether oxygens (including phenoxy) is 1. The second-order valence-corrected chi connectivity index (χ2v) is 10.9. The molecule has 35 heavy (non-hydrogen) atoms. The highest BCUT2D eigenvalue weighted by Gasteiger charge is 2.35. The number of hydrogen-bond acceptors (Lipinski definition) is 6. The Balaban J connectivity index is 1.81. The quantitative estimate of drug-likeness (QED) is 0.588. The van der Waals surface area contributed by atoms with Crippen LogP contribution in [0.1, 0.15) is 45.2 Å². The van der Waals surface area contributed by atoms with Gasteiger partial charge in [-0.15, -0.1) is 0 Å². The monoisotopic (exact) mass is 496 g/mol. The van der Waals surface area contributed by atoms with E-state index in [4.69, 9.17) is 4.74 Å². The summed E-state index contributed by atoms with van der Waals surface area (Å²) in [4.78, 5) is 52.7. The number of carbonyl (C=O) groups excluding carboxylic acids is 4. The summed E-state index contributed by atoms with van der Waals surface area (Å²) in [5.41, 5.74) is 1.79. The van der Waals surface area contributed by atoms with Crippen molar-refractivity contribution in [2.24, 2.45) is 0 Å². The first-order chi connectivity index (χ1) is 16.5. The van der Waals surface area contributed by atoms with Crippen molar-refractivity contribution in [2.45, 2.75) is 63.9 Å². The fourth-order valence-corrected chi connectivity index (χ4v) is 4.85. The average Bonchev–Trinajstić information content (AvgIpc) is 2.90. The van der Waals surface area contributed by atoms with Crippen LogP contribution in [0.3, 0.4) is 0 Å². The molecule has 0 aromatic heterocycles. The third-order valence-electron chi connectivity index (χ3n) is 5.44. The Hall–Kier alpha value is -3.13. The minimum Gasteiger partial charge on any atom is -0.459 e. The number of benzene rings is 2. The first-order valence-electron chi connectivity index (χ1n) is 11.7. The van der Waals surface area contributed by atoms with Gasteiger partial charge >= 0.3 is 5.97 Å². The molecule has 0 aliphatic carbocycles. The molecule has 0 fully saturated rings. The summed E-state index contributed by atoms with van der Waals surface area (Å²) in [5, 5.41) is 2.02. The van der Waals surface area contributed by atoms with Crippen LogP contribution in [-0.4, -0.2) is 46.3 Å². The lowest BCUT2D eigenvalue weighted by molar-refractivity contribution is -0.153. The zero-order valence-corrected chi connectivity index (χ0v) is 21.4. The highest BCUT2D eigenvalue weighted by Crippen LogP contribution is 2.28. The third kappa shape index (κ3) is 7.68. The predicted octanol–water partition coefficient (Wildman–Crippen LogP) is 3.68. The Morgan fingerprint density at radius 1 is 1.09 bits per heavy atom. The molecule has 2 aromatic rings. The molecule has 1 heterocycles. The van der Waals surface area contributed by atoms with Gasteiger partial charge in [0.1, 0.15) is 18.2 Å². The molecule has 0 unspecified atom stereocenters. The molecule has 0 bridgehead atoms. The van der Waals surface area contributed by atoms with E-state index in [0.29, 0.717) is 24.9 Å². The molecule has 1 aliphatic heterocycles. The number of carbonyl (C=O) groups is 4. The molecule has 1 aliphatic rings. The lowest BCUT2D eigenvalue weighted by Crippen LogP contribution is -2.52. The topological polar surface area (TPSA) is 92.8 Å². The fourth-order valence-electron chi connectivity index (χ4n) is 4.00. The Kier molecular flexibility index (Phi) is 8.72. The number of thioether (sulfide) groups is 1. The Morgan fingerprint density at radius 2 is 1.74 bits per heavy atom. The van der Waals surface area contributed by atoms with Crippen LogP contribution in [0.25, 0.3) is 0 Å². The van der Waals surface area contributed by atoms with Crippen molar-refractivity contribution in [3.63, 3.8) is 0 Å². The Labute approximate surface area is 210 Å². The van der Waals surface area contributed by atoms with Crippen LogP contribution in [0.15, 0.2) is 54.6 Å². The Morgan fingerprint density at radius 3 is 2.40 bits per heavy atom. The number of para-hydroxylation sites is 1. The number of fused-ring (bicyclic) bond motifs is 1. The number of nitrogens with one attached hydrogen (secondary N) is 1. The maximum atomic E-state index is 13.6. The van der Waals surface area contributed by atoms with Gasteiger partial charge in [0, 0.05) is 12.6 Å². The predicted molar refractivity (Wildman–Crippen MR) is 137 cm³/mol. The number of nitrogens with zero attached hydrogens (tertiary/aromatic N) is 1. The van der Waals surface area contributed by atoms with E-state index in [2.05, 4.69) is 5.32 Å². The highest BCUT2D eigenvalue weighted by atomic mass is 32.2. The SMILES string of the molecule is CC(=O)S[C@H](Cc1ccccc1)C(=O)N[C@H]1CCc2ccccc2N(CC(=O)OC(C)(C)C)C1=O. The number of anilines is 1. The summed E-state index contributed by atoms with van der Waals surface area (Å²) in [6, 6.07) is 16.0. The van der Waals surface area contributed by atoms with Crippen molar-refractivity contribution in [1.82, 2.24) is 5.32 Å². The first kappa shape index (κ1) is 26.5. The van der Waals surface area contributed by atoms with Crippen LogP contribution < -0.4 is 10.2 Å². The molecule has 2 amide bonds. The molecule has 3 rings (SSSR count). The number of amides is 2. The van der Waals surface area contributed by atoms with E-state index in [1.54, 1.807) is 26.8 Å². The number of esters is 1. The van der Waals surface area contributed by atoms with Gasteiger partial charge in [-0.25, -0.2) is 0 Å². The van der Waals surface area contributed by atoms with Gasteiger partial charge in [-0.05, 0) is 57.2 Å². The molecule has 186 valence electrons. The van der Waals surface area contributed by atoms with Gasteiger partial charge in [-0.1, -0.05) is 60.3 Å². The maximum Gasteiger partial charge on any atom is 0.326 e. The van der Waals surface area contributed by atoms with Gasteiger partial charge in [0.25, 0.3) is 0 Å². The minimum atomic E-state index is -0.830. The molecule has 2 atom stereocenters. The molecule has 0 saturated heterocycles. The lowest BCUT2D eigenvalue weighted by Gasteiger charge is -2.28. The van der Waals surface area contributed by atoms with Crippen LogP contribution in [0.2, 0.25) is 0 Å². The van der Waals surface area contributed by atoms with E-state index in [9.17, 15) is 19.2 Å². The summed E-state index contributed by atoms with van der Waals surface area (Å²) in [7, 11) is 0. The van der Waals surface area contributed by atoms with E-state index in [1.165, 1.54) is 11.8 Å². The number of rotatable bonds is 7. The summed E-state index contributed by atoms with van der Waals surface area (Å²) in [5.74, 6) is -1.28. The van der Waals surface area contributed by atoms with Crippen molar-refractivity contribution < 1.29 is 23.9 Å². The standard InChI is InChI=1S/C27H32N2O5S/c1-18(30)35-23(16-19-10-6-5-7-11-19)25(32)28-21-15-14-20-12-8-9-13-22(20)29(26(21)33)17-24(31)34-27(2,3)4/h5-13,21,23H,14-17H2,1-4H3,(H,28,32)/t21-,23+/m0/s1. The van der Waals surface area contributed by atoms with E-state index < -0.39 is 22.9 Å². The molecule has 0 spiro atoms. The van der Waals surface area contributed by atoms with Crippen molar-refractivity contribution in [2.75, 3.05) is 11.4 Å². The molecular weight excluding hydrogens is 464 g/mol. The van der Waals surface area contributed by atoms with Crippen LogP contribution in [-0.2, 0) is 36.8 Å². The molecular formula is C27H32N2O5S. The smallest absolute Gasteiger partial charge is 0.326 e. The van der Waals surface area contributed by atoms with E-state index in [-0.39, 0.29) is 23.5 Å². The van der Waals surface area contributed by atoms with E-state index in [1.807, 2.05) is 48.5 Å². The summed E-state index contributed by atoms with van der Waals surface area (Å²) in [6.45, 7) is 6.48. The third-order valence-corrected chi connectivity index (χ3v) is 6.43. The Bertz CT molecular complexity index is 1080. The summed E-state index contributed by atoms with van der Waals surface area (Å²) in [6.07, 6.45) is 1.30. The second kappa shape index (κ2) is 11.5. The van der Waals surface area contributed by atoms with Gasteiger partial charge in [-0.3, -0.25) is 24.1 Å². The van der Waals surface area contributed by atoms with Gasteiger partial charge in [0.15, 0.2) is 5.12 Å². The molecule has 7 nitrogen and oxygen atoms in total. The van der Waals surface area contributed by atoms with Crippen LogP contribution in [0.4, 0.5) is 5.69 Å². The highest BCUT2D eigenvalue weighted by molar-refractivity contribution is 8.14. The normalized spacial score (nSPS) is 16.6. The van der Waals surface area contributed by atoms with Crippen molar-refractivity contribution >= 4 is 40.3 Å². The second-order valence-electron chi connectivity index (χ2n) is 9.53. The van der Waals surface area contributed by atoms with Gasteiger partial charge in [0.05, 0.1) is 5.25 Å². The van der Waals surface area contributed by atoms with Crippen LogP contribution in [0, 0.1) is 0 Å². The van der Waals surface area contributed by atoms with Crippen molar-refractivity contribution in [1.29, 1.82) is 0 Å². The van der Waals surface area contributed by atoms with Gasteiger partial charge in [-0.2, -0.15) is 0 Å². The summed E-state index contributed by atoms with van der Waals surface area (Å²) >= 11 is 0.953. The largest absolute Gasteiger partial charge is 0.459 e. The van der Waals surface area contributed by atoms with Crippen LogP contribution >= 0.6 is 11.8 Å². The molecule has 0 radical (unpaired) electrons. The first-order valence-corrected chi connectivity index (χ1v) is 12.5. The molecule has 2 aromatic carbocycles. The summed E-state index contributed by atoms with van der Waals surface area (Å²) < 4.78 is 5.45. The van der Waals surface area contributed by atoms with Crippen LogP contribution in [0.5, 0.6) is 0 Å². The molecule has 1 N–H and O–H groups in total. The van der Waals surface area contributed by atoms with E-state index in [0.717, 1.165) is 22.9 Å². The maximum absolute atomic E-state index is 13.6. The molecule has 0 saturated carbocycles. The number of hydrogen-bond donors (Lipinski definition) is 1. The van der Waals surface area contributed by atoms with Gasteiger partial charge in [0.2, 0.25) is 11.8 Å². The zero-order chi connectivity index (χ0) is 25.6. The van der Waals surface area contributed by atoms with E-state index >= 15 is 0 Å².